The molecule has 1 aliphatic heterocycles. The number of halogens is 2. The van der Waals surface area contributed by atoms with E-state index in [-0.39, 0.29) is 36.8 Å². The zero-order chi connectivity index (χ0) is 24.7. The van der Waals surface area contributed by atoms with Crippen molar-refractivity contribution in [1.29, 1.82) is 0 Å². The van der Waals surface area contributed by atoms with Crippen LogP contribution in [0.3, 0.4) is 0 Å². The SMILES string of the molecule is CCOC(=O)CC(=O)N1CCN(c2ccc(OC(F)F)c(OC3CCCC3)c2)CC1CC(C)C. The molecule has 2 aliphatic rings. The Balaban J connectivity index is 1.76. The van der Waals surface area contributed by atoms with Crippen LogP contribution in [0.5, 0.6) is 11.5 Å². The normalized spacial score (nSPS) is 19.1. The van der Waals surface area contributed by atoms with E-state index in [1.165, 1.54) is 6.07 Å². The van der Waals surface area contributed by atoms with Crippen molar-refractivity contribution >= 4 is 17.6 Å². The minimum atomic E-state index is -2.93. The molecular weight excluding hydrogens is 446 g/mol. The quantitative estimate of drug-likeness (QED) is 0.358. The lowest BCUT2D eigenvalue weighted by molar-refractivity contribution is -0.149. The van der Waals surface area contributed by atoms with Gasteiger partial charge in [0.1, 0.15) is 6.42 Å². The van der Waals surface area contributed by atoms with Crippen LogP contribution in [0.2, 0.25) is 0 Å². The van der Waals surface area contributed by atoms with Crippen molar-refractivity contribution in [2.24, 2.45) is 5.92 Å². The number of hydrogen-bond acceptors (Lipinski definition) is 6. The van der Waals surface area contributed by atoms with Crippen LogP contribution >= 0.6 is 0 Å². The lowest BCUT2D eigenvalue weighted by Gasteiger charge is -2.43. The monoisotopic (exact) mass is 482 g/mol. The summed E-state index contributed by atoms with van der Waals surface area (Å²) < 4.78 is 41.6. The van der Waals surface area contributed by atoms with E-state index in [9.17, 15) is 18.4 Å². The number of amides is 1. The van der Waals surface area contributed by atoms with Gasteiger partial charge in [0.15, 0.2) is 11.5 Å². The van der Waals surface area contributed by atoms with Gasteiger partial charge in [-0.1, -0.05) is 13.8 Å². The van der Waals surface area contributed by atoms with Crippen molar-refractivity contribution in [2.45, 2.75) is 78.1 Å². The van der Waals surface area contributed by atoms with E-state index in [4.69, 9.17) is 14.2 Å². The van der Waals surface area contributed by atoms with Gasteiger partial charge in [-0.2, -0.15) is 8.78 Å². The Labute approximate surface area is 200 Å². The third kappa shape index (κ3) is 7.21. The van der Waals surface area contributed by atoms with Crippen LogP contribution in [0.4, 0.5) is 14.5 Å². The van der Waals surface area contributed by atoms with E-state index in [2.05, 4.69) is 18.7 Å². The van der Waals surface area contributed by atoms with Crippen molar-refractivity contribution in [3.05, 3.63) is 18.2 Å². The Morgan fingerprint density at radius 1 is 1.12 bits per heavy atom. The van der Waals surface area contributed by atoms with E-state index < -0.39 is 12.6 Å². The molecule has 1 aromatic rings. The largest absolute Gasteiger partial charge is 0.486 e. The molecule has 7 nitrogen and oxygen atoms in total. The molecule has 1 amide bonds. The van der Waals surface area contributed by atoms with E-state index in [0.29, 0.717) is 31.3 Å². The Hall–Kier alpha value is -2.58. The molecule has 2 fully saturated rings. The fraction of sp³-hybridized carbons (Fsp3) is 0.680. The number of piperazine rings is 1. The summed E-state index contributed by atoms with van der Waals surface area (Å²) in [6, 6.07) is 4.97. The average Bonchev–Trinajstić information content (AvgIpc) is 3.27. The number of benzene rings is 1. The number of esters is 1. The summed E-state index contributed by atoms with van der Waals surface area (Å²) >= 11 is 0. The highest BCUT2D eigenvalue weighted by molar-refractivity contribution is 5.94. The zero-order valence-electron chi connectivity index (χ0n) is 20.3. The first-order chi connectivity index (χ1) is 16.3. The predicted octanol–water partition coefficient (Wildman–Crippen LogP) is 4.63. The smallest absolute Gasteiger partial charge is 0.387 e. The molecule has 0 spiro atoms. The molecular formula is C25H36F2N2O5. The van der Waals surface area contributed by atoms with E-state index >= 15 is 0 Å². The van der Waals surface area contributed by atoms with Gasteiger partial charge in [-0.15, -0.1) is 0 Å². The standard InChI is InChI=1S/C25H36F2N2O5/c1-4-32-24(31)15-23(30)29-12-11-28(16-19(29)13-17(2)3)18-9-10-21(34-25(26)27)22(14-18)33-20-7-5-6-8-20/h9-10,14,17,19-20,25H,4-8,11-13,15-16H2,1-3H3. The molecule has 0 bridgehead atoms. The predicted molar refractivity (Wildman–Crippen MR) is 124 cm³/mol. The molecule has 1 saturated carbocycles. The van der Waals surface area contributed by atoms with Gasteiger partial charge < -0.3 is 24.0 Å². The van der Waals surface area contributed by atoms with Crippen molar-refractivity contribution < 1.29 is 32.6 Å². The van der Waals surface area contributed by atoms with Gasteiger partial charge in [0.05, 0.1) is 12.7 Å². The fourth-order valence-corrected chi connectivity index (χ4v) is 4.77. The second kappa shape index (κ2) is 12.2. The first-order valence-electron chi connectivity index (χ1n) is 12.2. The fourth-order valence-electron chi connectivity index (χ4n) is 4.77. The van der Waals surface area contributed by atoms with Crippen LogP contribution in [0.1, 0.15) is 59.3 Å². The zero-order valence-corrected chi connectivity index (χ0v) is 20.3. The van der Waals surface area contributed by atoms with Crippen LogP contribution in [0.25, 0.3) is 0 Å². The summed E-state index contributed by atoms with van der Waals surface area (Å²) in [5.74, 6) is -0.0271. The lowest BCUT2D eigenvalue weighted by Crippen LogP contribution is -2.56. The summed E-state index contributed by atoms with van der Waals surface area (Å²) in [6.45, 7) is 4.81. The van der Waals surface area contributed by atoms with Crippen molar-refractivity contribution in [3.8, 4) is 11.5 Å². The molecule has 190 valence electrons. The van der Waals surface area contributed by atoms with Crippen molar-refractivity contribution in [3.63, 3.8) is 0 Å². The maximum absolute atomic E-state index is 12.9. The lowest BCUT2D eigenvalue weighted by atomic mass is 9.99. The van der Waals surface area contributed by atoms with Crippen LogP contribution in [-0.2, 0) is 14.3 Å². The minimum absolute atomic E-state index is 0.00121. The Morgan fingerprint density at radius 3 is 2.50 bits per heavy atom. The third-order valence-corrected chi connectivity index (χ3v) is 6.25. The topological polar surface area (TPSA) is 68.3 Å². The number of carbonyl (C=O) groups excluding carboxylic acids is 2. The van der Waals surface area contributed by atoms with Gasteiger partial charge in [0, 0.05) is 37.4 Å². The van der Waals surface area contributed by atoms with Crippen LogP contribution in [-0.4, -0.2) is 61.8 Å². The highest BCUT2D eigenvalue weighted by atomic mass is 19.3. The Morgan fingerprint density at radius 2 is 1.85 bits per heavy atom. The van der Waals surface area contributed by atoms with Crippen molar-refractivity contribution in [2.75, 3.05) is 31.1 Å². The number of ether oxygens (including phenoxy) is 3. The first kappa shape index (κ1) is 26.0. The molecule has 9 heteroatoms. The summed E-state index contributed by atoms with van der Waals surface area (Å²) in [4.78, 5) is 28.6. The summed E-state index contributed by atoms with van der Waals surface area (Å²) in [6.07, 6.45) is 4.44. The van der Waals surface area contributed by atoms with Crippen molar-refractivity contribution in [1.82, 2.24) is 4.90 Å². The van der Waals surface area contributed by atoms with E-state index in [1.807, 2.05) is 0 Å². The average molecular weight is 483 g/mol. The van der Waals surface area contributed by atoms with Gasteiger partial charge in [-0.25, -0.2) is 0 Å². The molecule has 1 heterocycles. The number of rotatable bonds is 10. The number of nitrogens with zero attached hydrogens (tertiary/aromatic N) is 2. The molecule has 1 unspecified atom stereocenters. The van der Waals surface area contributed by atoms with Gasteiger partial charge in [0.25, 0.3) is 0 Å². The molecule has 1 aromatic carbocycles. The van der Waals surface area contributed by atoms with Gasteiger partial charge in [-0.3, -0.25) is 9.59 Å². The number of alkyl halides is 2. The van der Waals surface area contributed by atoms with Crippen LogP contribution in [0.15, 0.2) is 18.2 Å². The van der Waals surface area contributed by atoms with Gasteiger partial charge in [0.2, 0.25) is 5.91 Å². The Kier molecular flexibility index (Phi) is 9.36. The maximum atomic E-state index is 12.9. The highest BCUT2D eigenvalue weighted by Crippen LogP contribution is 2.37. The minimum Gasteiger partial charge on any atom is -0.486 e. The second-order valence-corrected chi connectivity index (χ2v) is 9.33. The molecule has 1 saturated heterocycles. The second-order valence-electron chi connectivity index (χ2n) is 9.33. The highest BCUT2D eigenvalue weighted by Gasteiger charge is 2.32. The summed E-state index contributed by atoms with van der Waals surface area (Å²) in [5.41, 5.74) is 0.834. The number of anilines is 1. The molecule has 0 radical (unpaired) electrons. The summed E-state index contributed by atoms with van der Waals surface area (Å²) in [5, 5.41) is 0. The van der Waals surface area contributed by atoms with E-state index in [1.54, 1.807) is 24.0 Å². The molecule has 1 atom stereocenters. The molecule has 3 rings (SSSR count). The van der Waals surface area contributed by atoms with E-state index in [0.717, 1.165) is 37.8 Å². The van der Waals surface area contributed by atoms with Gasteiger partial charge in [-0.05, 0) is 57.1 Å². The molecule has 1 aliphatic carbocycles. The van der Waals surface area contributed by atoms with Crippen LogP contribution in [0, 0.1) is 5.92 Å². The number of carbonyl (C=O) groups is 2. The molecule has 34 heavy (non-hydrogen) atoms. The molecule has 0 aromatic heterocycles. The summed E-state index contributed by atoms with van der Waals surface area (Å²) in [7, 11) is 0. The third-order valence-electron chi connectivity index (χ3n) is 6.25. The van der Waals surface area contributed by atoms with Gasteiger partial charge >= 0.3 is 12.6 Å². The number of hydrogen-bond donors (Lipinski definition) is 0. The maximum Gasteiger partial charge on any atom is 0.387 e. The Bertz CT molecular complexity index is 830. The van der Waals surface area contributed by atoms with Crippen LogP contribution < -0.4 is 14.4 Å². The molecule has 0 N–H and O–H groups in total. The first-order valence-corrected chi connectivity index (χ1v) is 12.2.